The van der Waals surface area contributed by atoms with Gasteiger partial charge in [-0.25, -0.2) is 0 Å². The molecule has 0 aromatic carbocycles. The van der Waals surface area contributed by atoms with Crippen molar-refractivity contribution in [3.05, 3.63) is 0 Å². The highest BCUT2D eigenvalue weighted by atomic mass is 16.4. The second-order valence-electron chi connectivity index (χ2n) is 6.04. The quantitative estimate of drug-likeness (QED) is 0.853. The van der Waals surface area contributed by atoms with Crippen molar-refractivity contribution < 1.29 is 14.7 Å². The van der Waals surface area contributed by atoms with Crippen molar-refractivity contribution >= 4 is 11.9 Å². The summed E-state index contributed by atoms with van der Waals surface area (Å²) in [6.45, 7) is 3.76. The molecule has 2 heterocycles. The van der Waals surface area contributed by atoms with Gasteiger partial charge in [0.1, 0.15) is 0 Å². The minimum atomic E-state index is -0.721. The number of aliphatic carboxylic acids is 1. The monoisotopic (exact) mass is 282 g/mol. The summed E-state index contributed by atoms with van der Waals surface area (Å²) >= 11 is 0. The van der Waals surface area contributed by atoms with Crippen LogP contribution in [0.25, 0.3) is 0 Å². The third-order valence-corrected chi connectivity index (χ3v) is 4.50. The molecule has 1 N–H and O–H groups in total. The Labute approximate surface area is 120 Å². The van der Waals surface area contributed by atoms with Crippen LogP contribution >= 0.6 is 0 Å². The summed E-state index contributed by atoms with van der Waals surface area (Å²) in [4.78, 5) is 27.3. The molecule has 0 saturated carbocycles. The highest BCUT2D eigenvalue weighted by Crippen LogP contribution is 2.18. The molecule has 0 aliphatic carbocycles. The number of likely N-dealkylation sites (tertiary alicyclic amines) is 2. The number of piperidine rings is 1. The summed E-state index contributed by atoms with van der Waals surface area (Å²) in [6, 6.07) is 0. The van der Waals surface area contributed by atoms with Gasteiger partial charge in [0.15, 0.2) is 0 Å². The van der Waals surface area contributed by atoms with Crippen LogP contribution in [-0.4, -0.2) is 59.5 Å². The molecule has 2 aliphatic rings. The van der Waals surface area contributed by atoms with Crippen LogP contribution in [0.1, 0.15) is 44.9 Å². The molecule has 1 amide bonds. The second kappa shape index (κ2) is 7.62. The largest absolute Gasteiger partial charge is 0.481 e. The Morgan fingerprint density at radius 2 is 1.45 bits per heavy atom. The van der Waals surface area contributed by atoms with Crippen LogP contribution < -0.4 is 0 Å². The highest BCUT2D eigenvalue weighted by Gasteiger charge is 2.27. The molecule has 0 atom stereocenters. The highest BCUT2D eigenvalue weighted by molar-refractivity contribution is 5.79. The van der Waals surface area contributed by atoms with E-state index in [0.29, 0.717) is 32.5 Å². The Hall–Kier alpha value is -1.10. The van der Waals surface area contributed by atoms with Crippen molar-refractivity contribution in [1.82, 2.24) is 9.80 Å². The molecule has 2 fully saturated rings. The lowest BCUT2D eigenvalue weighted by Crippen LogP contribution is -2.45. The fourth-order valence-corrected chi connectivity index (χ4v) is 3.14. The van der Waals surface area contributed by atoms with Crippen LogP contribution in [0.2, 0.25) is 0 Å². The number of hydrogen-bond donors (Lipinski definition) is 1. The Morgan fingerprint density at radius 1 is 0.900 bits per heavy atom. The summed E-state index contributed by atoms with van der Waals surface area (Å²) in [6.07, 6.45) is 7.44. The lowest BCUT2D eigenvalue weighted by molar-refractivity contribution is -0.146. The van der Waals surface area contributed by atoms with Gasteiger partial charge in [-0.15, -0.1) is 0 Å². The fraction of sp³-hybridized carbons (Fsp3) is 0.867. The predicted molar refractivity (Wildman–Crippen MR) is 76.5 cm³/mol. The van der Waals surface area contributed by atoms with Gasteiger partial charge in [0.2, 0.25) is 5.91 Å². The molecule has 5 heteroatoms. The molecule has 0 spiro atoms. The number of carbonyl (C=O) groups is 2. The zero-order valence-electron chi connectivity index (χ0n) is 12.2. The maximum Gasteiger partial charge on any atom is 0.306 e. The van der Waals surface area contributed by atoms with Gasteiger partial charge in [0.25, 0.3) is 0 Å². The minimum Gasteiger partial charge on any atom is -0.481 e. The smallest absolute Gasteiger partial charge is 0.306 e. The number of carbonyl (C=O) groups excluding carboxylic acids is 1. The van der Waals surface area contributed by atoms with E-state index in [-0.39, 0.29) is 11.8 Å². The Morgan fingerprint density at radius 3 is 2.00 bits per heavy atom. The van der Waals surface area contributed by atoms with E-state index in [1.807, 2.05) is 4.90 Å². The van der Waals surface area contributed by atoms with Gasteiger partial charge in [0.05, 0.1) is 12.5 Å². The van der Waals surface area contributed by atoms with E-state index in [1.165, 1.54) is 32.1 Å². The molecule has 2 saturated heterocycles. The molecule has 0 unspecified atom stereocenters. The normalized spacial score (nSPS) is 23.1. The van der Waals surface area contributed by atoms with Crippen molar-refractivity contribution in [3.63, 3.8) is 0 Å². The molecular weight excluding hydrogens is 256 g/mol. The maximum atomic E-state index is 12.3. The van der Waals surface area contributed by atoms with Gasteiger partial charge in [-0.3, -0.25) is 14.5 Å². The number of nitrogens with zero attached hydrogens (tertiary/aromatic N) is 2. The first-order valence-corrected chi connectivity index (χ1v) is 7.90. The molecule has 0 radical (unpaired) electrons. The topological polar surface area (TPSA) is 60.9 Å². The number of hydrogen-bond acceptors (Lipinski definition) is 3. The SMILES string of the molecule is O=C(O)C1CCN(C(=O)CN2CCCCCCC2)CC1. The molecule has 0 aromatic heterocycles. The van der Waals surface area contributed by atoms with Gasteiger partial charge in [-0.1, -0.05) is 19.3 Å². The van der Waals surface area contributed by atoms with Crippen molar-refractivity contribution in [2.45, 2.75) is 44.9 Å². The van der Waals surface area contributed by atoms with Gasteiger partial charge < -0.3 is 10.0 Å². The van der Waals surface area contributed by atoms with Crippen LogP contribution in [0, 0.1) is 5.92 Å². The molecule has 114 valence electrons. The Kier molecular flexibility index (Phi) is 5.83. The van der Waals surface area contributed by atoms with Crippen LogP contribution in [-0.2, 0) is 9.59 Å². The lowest BCUT2D eigenvalue weighted by atomic mass is 9.97. The average Bonchev–Trinajstić information content (AvgIpc) is 2.41. The molecule has 20 heavy (non-hydrogen) atoms. The van der Waals surface area contributed by atoms with Gasteiger partial charge in [0, 0.05) is 13.1 Å². The van der Waals surface area contributed by atoms with Crippen LogP contribution in [0.3, 0.4) is 0 Å². The van der Waals surface area contributed by atoms with E-state index in [9.17, 15) is 9.59 Å². The molecule has 2 aliphatic heterocycles. The number of rotatable bonds is 3. The van der Waals surface area contributed by atoms with E-state index < -0.39 is 5.97 Å². The van der Waals surface area contributed by atoms with E-state index in [1.54, 1.807) is 0 Å². The van der Waals surface area contributed by atoms with E-state index in [0.717, 1.165) is 13.1 Å². The van der Waals surface area contributed by atoms with Crippen LogP contribution in [0.15, 0.2) is 0 Å². The second-order valence-corrected chi connectivity index (χ2v) is 6.04. The maximum absolute atomic E-state index is 12.3. The summed E-state index contributed by atoms with van der Waals surface area (Å²) < 4.78 is 0. The van der Waals surface area contributed by atoms with Crippen molar-refractivity contribution in [3.8, 4) is 0 Å². The van der Waals surface area contributed by atoms with Crippen molar-refractivity contribution in [2.75, 3.05) is 32.7 Å². The molecule has 0 bridgehead atoms. The van der Waals surface area contributed by atoms with E-state index in [2.05, 4.69) is 4.90 Å². The van der Waals surface area contributed by atoms with E-state index >= 15 is 0 Å². The number of amides is 1. The first-order valence-electron chi connectivity index (χ1n) is 7.90. The summed E-state index contributed by atoms with van der Waals surface area (Å²) in [7, 11) is 0. The Bertz CT molecular complexity index is 330. The third-order valence-electron chi connectivity index (χ3n) is 4.50. The third kappa shape index (κ3) is 4.47. The fourth-order valence-electron chi connectivity index (χ4n) is 3.14. The minimum absolute atomic E-state index is 0.175. The average molecular weight is 282 g/mol. The standard InChI is InChI=1S/C15H26N2O3/c18-14(12-16-8-4-2-1-3-5-9-16)17-10-6-13(7-11-17)15(19)20/h13H,1-12H2,(H,19,20). The summed E-state index contributed by atoms with van der Waals surface area (Å²) in [5.41, 5.74) is 0. The zero-order chi connectivity index (χ0) is 14.4. The lowest BCUT2D eigenvalue weighted by Gasteiger charge is -2.32. The van der Waals surface area contributed by atoms with Crippen molar-refractivity contribution in [1.29, 1.82) is 0 Å². The first-order chi connectivity index (χ1) is 9.66. The summed E-state index contributed by atoms with van der Waals surface area (Å²) in [5.74, 6) is -0.809. The van der Waals surface area contributed by atoms with Gasteiger partial charge >= 0.3 is 5.97 Å². The summed E-state index contributed by atoms with van der Waals surface area (Å²) in [5, 5.41) is 8.97. The van der Waals surface area contributed by atoms with Crippen LogP contribution in [0.4, 0.5) is 0 Å². The predicted octanol–water partition coefficient (Wildman–Crippen LogP) is 1.58. The first kappa shape index (κ1) is 15.3. The Balaban J connectivity index is 1.75. The van der Waals surface area contributed by atoms with Gasteiger partial charge in [-0.05, 0) is 38.8 Å². The zero-order valence-corrected chi connectivity index (χ0v) is 12.2. The van der Waals surface area contributed by atoms with E-state index in [4.69, 9.17) is 5.11 Å². The number of carboxylic acids is 1. The molecular formula is C15H26N2O3. The number of carboxylic acid groups (broad SMARTS) is 1. The van der Waals surface area contributed by atoms with Crippen LogP contribution in [0.5, 0.6) is 0 Å². The molecule has 0 aromatic rings. The van der Waals surface area contributed by atoms with Gasteiger partial charge in [-0.2, -0.15) is 0 Å². The molecule has 5 nitrogen and oxygen atoms in total. The molecule has 2 rings (SSSR count). The van der Waals surface area contributed by atoms with Crippen molar-refractivity contribution in [2.24, 2.45) is 5.92 Å².